The Morgan fingerprint density at radius 1 is 1.21 bits per heavy atom. The van der Waals surface area contributed by atoms with Crippen molar-refractivity contribution in [3.8, 4) is 0 Å². The van der Waals surface area contributed by atoms with Crippen LogP contribution in [-0.4, -0.2) is 28.6 Å². The summed E-state index contributed by atoms with van der Waals surface area (Å²) >= 11 is 0. The molecule has 0 aliphatic heterocycles. The Kier molecular flexibility index (Phi) is 6.75. The Hall–Kier alpha value is -2.40. The highest BCUT2D eigenvalue weighted by Crippen LogP contribution is 2.11. The first kappa shape index (κ1) is 17.9. The van der Waals surface area contributed by atoms with E-state index in [0.717, 1.165) is 28.9 Å². The number of aryl methyl sites for hydroxylation is 1. The van der Waals surface area contributed by atoms with E-state index in [1.54, 1.807) is 0 Å². The normalized spacial score (nSPS) is 11.8. The number of carbonyl (C=O) groups excluding carboxylic acids is 1. The first-order valence-electron chi connectivity index (χ1n) is 8.25. The van der Waals surface area contributed by atoms with Gasteiger partial charge in [-0.1, -0.05) is 25.1 Å². The molecule has 0 spiro atoms. The molecule has 0 bridgehead atoms. The maximum atomic E-state index is 11.9. The van der Waals surface area contributed by atoms with Crippen molar-refractivity contribution in [1.82, 2.24) is 10.3 Å². The Bertz CT molecular complexity index is 635. The summed E-state index contributed by atoms with van der Waals surface area (Å²) in [6, 6.07) is 11.7. The zero-order valence-electron chi connectivity index (χ0n) is 14.2. The van der Waals surface area contributed by atoms with Crippen LogP contribution in [-0.2, 0) is 17.8 Å². The van der Waals surface area contributed by atoms with Gasteiger partial charge in [-0.3, -0.25) is 9.78 Å². The minimum Gasteiger partial charge on any atom is -0.394 e. The molecule has 3 N–H and O–H groups in total. The van der Waals surface area contributed by atoms with Crippen molar-refractivity contribution >= 4 is 11.6 Å². The third-order valence-electron chi connectivity index (χ3n) is 3.84. The number of pyridine rings is 1. The molecule has 1 amide bonds. The number of aliphatic hydroxyl groups excluding tert-OH is 1. The Labute approximate surface area is 143 Å². The number of nitrogens with zero attached hydrogens (tertiary/aromatic N) is 1. The van der Waals surface area contributed by atoms with Gasteiger partial charge in [0.15, 0.2) is 0 Å². The smallest absolute Gasteiger partial charge is 0.224 e. The number of amides is 1. The van der Waals surface area contributed by atoms with E-state index in [4.69, 9.17) is 5.11 Å². The molecular formula is C19H25N3O2. The van der Waals surface area contributed by atoms with Crippen LogP contribution in [0.4, 0.5) is 5.69 Å². The molecule has 0 saturated heterocycles. The third kappa shape index (κ3) is 5.66. The van der Waals surface area contributed by atoms with Crippen LogP contribution in [0.5, 0.6) is 0 Å². The van der Waals surface area contributed by atoms with Crippen molar-refractivity contribution in [2.45, 2.75) is 39.3 Å². The highest BCUT2D eigenvalue weighted by molar-refractivity contribution is 5.79. The summed E-state index contributed by atoms with van der Waals surface area (Å²) < 4.78 is 0. The van der Waals surface area contributed by atoms with Crippen LogP contribution in [0.1, 0.15) is 30.2 Å². The van der Waals surface area contributed by atoms with Gasteiger partial charge in [0.1, 0.15) is 0 Å². The second kappa shape index (κ2) is 9.03. The minimum absolute atomic E-state index is 0.0296. The van der Waals surface area contributed by atoms with Gasteiger partial charge in [0.25, 0.3) is 0 Å². The quantitative estimate of drug-likeness (QED) is 0.696. The zero-order valence-corrected chi connectivity index (χ0v) is 14.2. The molecule has 1 unspecified atom stereocenters. The lowest BCUT2D eigenvalue weighted by atomic mass is 10.1. The Balaban J connectivity index is 1.84. The van der Waals surface area contributed by atoms with E-state index in [2.05, 4.69) is 15.6 Å². The largest absolute Gasteiger partial charge is 0.394 e. The van der Waals surface area contributed by atoms with Crippen LogP contribution >= 0.6 is 0 Å². The lowest BCUT2D eigenvalue weighted by molar-refractivity contribution is -0.121. The molecule has 128 valence electrons. The van der Waals surface area contributed by atoms with Crippen molar-refractivity contribution in [2.24, 2.45) is 0 Å². The van der Waals surface area contributed by atoms with Crippen LogP contribution in [0.3, 0.4) is 0 Å². The predicted molar refractivity (Wildman–Crippen MR) is 95.8 cm³/mol. The number of rotatable bonds is 8. The second-order valence-electron chi connectivity index (χ2n) is 5.91. The molecule has 24 heavy (non-hydrogen) atoms. The molecule has 0 saturated carbocycles. The maximum Gasteiger partial charge on any atom is 0.224 e. The Morgan fingerprint density at radius 2 is 1.96 bits per heavy atom. The van der Waals surface area contributed by atoms with Crippen molar-refractivity contribution in [3.63, 3.8) is 0 Å². The fourth-order valence-electron chi connectivity index (χ4n) is 2.28. The average molecular weight is 327 g/mol. The van der Waals surface area contributed by atoms with Crippen LogP contribution in [0, 0.1) is 6.92 Å². The number of aromatic nitrogens is 1. The molecule has 2 rings (SSSR count). The standard InChI is InChI=1S/C19H25N3O2/c1-3-16(13-23)22-19(24)10-15-5-8-17(9-6-15)21-12-18-7-4-14(2)11-20-18/h4-9,11,16,21,23H,3,10,12-13H2,1-2H3,(H,22,24). The molecule has 1 aromatic heterocycles. The van der Waals surface area contributed by atoms with Crippen molar-refractivity contribution < 1.29 is 9.90 Å². The van der Waals surface area contributed by atoms with Gasteiger partial charge in [-0.15, -0.1) is 0 Å². The molecule has 0 fully saturated rings. The molecule has 0 radical (unpaired) electrons. The molecular weight excluding hydrogens is 302 g/mol. The highest BCUT2D eigenvalue weighted by atomic mass is 16.3. The average Bonchev–Trinajstić information content (AvgIpc) is 2.60. The monoisotopic (exact) mass is 327 g/mol. The molecule has 1 heterocycles. The first-order valence-corrected chi connectivity index (χ1v) is 8.25. The summed E-state index contributed by atoms with van der Waals surface area (Å²) in [7, 11) is 0. The molecule has 2 aromatic rings. The third-order valence-corrected chi connectivity index (χ3v) is 3.84. The molecule has 5 heteroatoms. The van der Waals surface area contributed by atoms with E-state index < -0.39 is 0 Å². The fourth-order valence-corrected chi connectivity index (χ4v) is 2.28. The molecule has 0 aliphatic rings. The summed E-state index contributed by atoms with van der Waals surface area (Å²) in [6.45, 7) is 4.58. The summed E-state index contributed by atoms with van der Waals surface area (Å²) in [6.07, 6.45) is 2.89. The predicted octanol–water partition coefficient (Wildman–Crippen LogP) is 2.43. The SMILES string of the molecule is CCC(CO)NC(=O)Cc1ccc(NCc2ccc(C)cn2)cc1. The molecule has 1 atom stereocenters. The number of aliphatic hydroxyl groups is 1. The Morgan fingerprint density at radius 3 is 2.54 bits per heavy atom. The minimum atomic E-state index is -0.166. The second-order valence-corrected chi connectivity index (χ2v) is 5.91. The topological polar surface area (TPSA) is 74.2 Å². The van der Waals surface area contributed by atoms with Crippen LogP contribution < -0.4 is 10.6 Å². The number of nitrogens with one attached hydrogen (secondary N) is 2. The number of anilines is 1. The van der Waals surface area contributed by atoms with E-state index in [1.807, 2.05) is 56.4 Å². The van der Waals surface area contributed by atoms with Crippen LogP contribution in [0.15, 0.2) is 42.6 Å². The molecule has 0 aliphatic carbocycles. The van der Waals surface area contributed by atoms with E-state index in [-0.39, 0.29) is 18.6 Å². The van der Waals surface area contributed by atoms with Gasteiger partial charge in [-0.2, -0.15) is 0 Å². The van der Waals surface area contributed by atoms with E-state index in [9.17, 15) is 4.79 Å². The van der Waals surface area contributed by atoms with E-state index >= 15 is 0 Å². The maximum absolute atomic E-state index is 11.9. The van der Waals surface area contributed by atoms with Gasteiger partial charge in [-0.25, -0.2) is 0 Å². The first-order chi connectivity index (χ1) is 11.6. The van der Waals surface area contributed by atoms with Gasteiger partial charge in [0.05, 0.1) is 31.3 Å². The van der Waals surface area contributed by atoms with Gasteiger partial charge >= 0.3 is 0 Å². The van der Waals surface area contributed by atoms with Gasteiger partial charge in [0, 0.05) is 11.9 Å². The van der Waals surface area contributed by atoms with E-state index in [0.29, 0.717) is 13.0 Å². The van der Waals surface area contributed by atoms with Crippen LogP contribution in [0.2, 0.25) is 0 Å². The van der Waals surface area contributed by atoms with Crippen molar-refractivity contribution in [3.05, 3.63) is 59.4 Å². The number of benzene rings is 1. The molecule has 5 nitrogen and oxygen atoms in total. The van der Waals surface area contributed by atoms with E-state index in [1.165, 1.54) is 0 Å². The zero-order chi connectivity index (χ0) is 17.4. The number of carbonyl (C=O) groups is 1. The van der Waals surface area contributed by atoms with Gasteiger partial charge in [0.2, 0.25) is 5.91 Å². The van der Waals surface area contributed by atoms with Gasteiger partial charge in [-0.05, 0) is 42.7 Å². The summed E-state index contributed by atoms with van der Waals surface area (Å²) in [5, 5.41) is 15.3. The highest BCUT2D eigenvalue weighted by Gasteiger charge is 2.09. The number of hydrogen-bond donors (Lipinski definition) is 3. The van der Waals surface area contributed by atoms with Crippen LogP contribution in [0.25, 0.3) is 0 Å². The summed E-state index contributed by atoms with van der Waals surface area (Å²) in [4.78, 5) is 16.3. The fraction of sp³-hybridized carbons (Fsp3) is 0.368. The molecule has 1 aromatic carbocycles. The number of hydrogen-bond acceptors (Lipinski definition) is 4. The lowest BCUT2D eigenvalue weighted by Crippen LogP contribution is -2.37. The van der Waals surface area contributed by atoms with Crippen molar-refractivity contribution in [2.75, 3.05) is 11.9 Å². The van der Waals surface area contributed by atoms with Gasteiger partial charge < -0.3 is 15.7 Å². The lowest BCUT2D eigenvalue weighted by Gasteiger charge is -2.14. The van der Waals surface area contributed by atoms with Crippen molar-refractivity contribution in [1.29, 1.82) is 0 Å². The summed E-state index contributed by atoms with van der Waals surface area (Å²) in [5.74, 6) is -0.0690. The summed E-state index contributed by atoms with van der Waals surface area (Å²) in [5.41, 5.74) is 4.06.